The molecule has 0 aliphatic carbocycles. The number of hydrogen-bond donors (Lipinski definition) is 2. The number of anilines is 2. The number of carbonyl (C=O) groups excluding carboxylic acids is 3. The highest BCUT2D eigenvalue weighted by atomic mass is 16.2. The van der Waals surface area contributed by atoms with Gasteiger partial charge in [-0.1, -0.05) is 18.2 Å². The minimum absolute atomic E-state index is 0.159. The fourth-order valence-electron chi connectivity index (χ4n) is 2.91. The minimum atomic E-state index is -0.376. The number of likely N-dealkylation sites (N-methyl/N-ethyl adjacent to an activating group) is 1. The first kappa shape index (κ1) is 18.4. The van der Waals surface area contributed by atoms with Gasteiger partial charge in [-0.3, -0.25) is 19.3 Å². The number of nitrogens with one attached hydrogen (secondary N) is 2. The fourth-order valence-corrected chi connectivity index (χ4v) is 2.91. The average Bonchev–Trinajstić information content (AvgIpc) is 2.83. The van der Waals surface area contributed by atoms with E-state index in [1.54, 1.807) is 24.3 Å². The van der Waals surface area contributed by atoms with Crippen LogP contribution in [0.5, 0.6) is 0 Å². The maximum Gasteiger partial charge on any atom is 0.277 e. The predicted octanol–water partition coefficient (Wildman–Crippen LogP) is 3.08. The lowest BCUT2D eigenvalue weighted by Gasteiger charge is -2.10. The molecular weight excluding hydrogens is 342 g/mol. The molecule has 3 rings (SSSR count). The molecule has 2 aromatic rings. The van der Waals surface area contributed by atoms with Crippen LogP contribution < -0.4 is 10.6 Å². The Hall–Kier alpha value is -3.41. The summed E-state index contributed by atoms with van der Waals surface area (Å²) in [6.07, 6.45) is 0. The van der Waals surface area contributed by atoms with E-state index >= 15 is 0 Å². The lowest BCUT2D eigenvalue weighted by molar-refractivity contribution is -0.135. The van der Waals surface area contributed by atoms with Crippen molar-refractivity contribution in [2.45, 2.75) is 20.8 Å². The third-order valence-electron chi connectivity index (χ3n) is 4.56. The summed E-state index contributed by atoms with van der Waals surface area (Å²) in [5.74, 6) is -0.867. The first-order chi connectivity index (χ1) is 12.8. The molecule has 2 N–H and O–H groups in total. The standard InChI is InChI=1S/C21H21N3O3/c1-12-5-6-15(11-13(12)2)18-19(21(27)24(4)20(18)26)23-17-9-7-16(8-10-17)22-14(3)25/h5-11,23H,1-4H3,(H,22,25). The Morgan fingerprint density at radius 2 is 1.52 bits per heavy atom. The number of carbonyl (C=O) groups is 3. The van der Waals surface area contributed by atoms with Crippen LogP contribution in [0.3, 0.4) is 0 Å². The lowest BCUT2D eigenvalue weighted by Crippen LogP contribution is -2.27. The zero-order valence-corrected chi connectivity index (χ0v) is 15.7. The number of aryl methyl sites for hydroxylation is 2. The van der Waals surface area contributed by atoms with Crippen LogP contribution >= 0.6 is 0 Å². The Morgan fingerprint density at radius 1 is 0.889 bits per heavy atom. The summed E-state index contributed by atoms with van der Waals surface area (Å²) >= 11 is 0. The van der Waals surface area contributed by atoms with Crippen molar-refractivity contribution in [1.29, 1.82) is 0 Å². The Labute approximate surface area is 157 Å². The Morgan fingerprint density at radius 3 is 2.11 bits per heavy atom. The minimum Gasteiger partial charge on any atom is -0.350 e. The molecule has 1 heterocycles. The molecule has 138 valence electrons. The van der Waals surface area contributed by atoms with Gasteiger partial charge in [0.05, 0.1) is 5.57 Å². The van der Waals surface area contributed by atoms with E-state index in [1.165, 1.54) is 14.0 Å². The van der Waals surface area contributed by atoms with Gasteiger partial charge in [0.15, 0.2) is 0 Å². The van der Waals surface area contributed by atoms with Crippen molar-refractivity contribution in [3.63, 3.8) is 0 Å². The van der Waals surface area contributed by atoms with Gasteiger partial charge in [-0.05, 0) is 54.8 Å². The van der Waals surface area contributed by atoms with E-state index in [-0.39, 0.29) is 23.4 Å². The van der Waals surface area contributed by atoms with Crippen LogP contribution in [0.15, 0.2) is 48.2 Å². The van der Waals surface area contributed by atoms with Gasteiger partial charge in [0.1, 0.15) is 5.70 Å². The summed E-state index contributed by atoms with van der Waals surface area (Å²) in [6.45, 7) is 5.40. The number of rotatable bonds is 4. The molecule has 6 nitrogen and oxygen atoms in total. The molecule has 0 fully saturated rings. The van der Waals surface area contributed by atoms with Gasteiger partial charge in [0, 0.05) is 25.3 Å². The molecular formula is C21H21N3O3. The number of imide groups is 1. The average molecular weight is 363 g/mol. The van der Waals surface area contributed by atoms with E-state index in [1.807, 2.05) is 32.0 Å². The smallest absolute Gasteiger partial charge is 0.277 e. The second kappa shape index (κ2) is 7.07. The SMILES string of the molecule is CC(=O)Nc1ccc(NC2=C(c3ccc(C)c(C)c3)C(=O)N(C)C2=O)cc1. The quantitative estimate of drug-likeness (QED) is 0.819. The summed E-state index contributed by atoms with van der Waals surface area (Å²) in [5.41, 5.74) is 4.79. The van der Waals surface area contributed by atoms with Gasteiger partial charge in [0.2, 0.25) is 5.91 Å². The van der Waals surface area contributed by atoms with Crippen molar-refractivity contribution in [2.75, 3.05) is 17.7 Å². The molecule has 0 aromatic heterocycles. The zero-order chi connectivity index (χ0) is 19.7. The normalized spacial score (nSPS) is 14.0. The first-order valence-electron chi connectivity index (χ1n) is 8.57. The fraction of sp³-hybridized carbons (Fsp3) is 0.190. The summed E-state index contributed by atoms with van der Waals surface area (Å²) < 4.78 is 0. The number of amides is 3. The molecule has 0 spiro atoms. The molecule has 0 unspecified atom stereocenters. The summed E-state index contributed by atoms with van der Waals surface area (Å²) in [4.78, 5) is 37.5. The van der Waals surface area contributed by atoms with Crippen molar-refractivity contribution in [1.82, 2.24) is 4.90 Å². The van der Waals surface area contributed by atoms with Crippen molar-refractivity contribution in [3.05, 3.63) is 64.9 Å². The van der Waals surface area contributed by atoms with Crippen LogP contribution in [0.4, 0.5) is 11.4 Å². The van der Waals surface area contributed by atoms with Crippen molar-refractivity contribution in [2.24, 2.45) is 0 Å². The number of benzene rings is 2. The lowest BCUT2D eigenvalue weighted by atomic mass is 9.99. The maximum atomic E-state index is 12.6. The molecule has 0 radical (unpaired) electrons. The Bertz CT molecular complexity index is 975. The maximum absolute atomic E-state index is 12.6. The summed E-state index contributed by atoms with van der Waals surface area (Å²) in [7, 11) is 1.47. The number of nitrogens with zero attached hydrogens (tertiary/aromatic N) is 1. The molecule has 1 aliphatic heterocycles. The van der Waals surface area contributed by atoms with Crippen LogP contribution in [0.2, 0.25) is 0 Å². The Kier molecular flexibility index (Phi) is 4.81. The Balaban J connectivity index is 1.99. The van der Waals surface area contributed by atoms with Crippen LogP contribution in [0, 0.1) is 13.8 Å². The van der Waals surface area contributed by atoms with Gasteiger partial charge >= 0.3 is 0 Å². The van der Waals surface area contributed by atoms with E-state index < -0.39 is 0 Å². The highest BCUT2D eigenvalue weighted by molar-refractivity contribution is 6.36. The zero-order valence-electron chi connectivity index (χ0n) is 15.7. The molecule has 27 heavy (non-hydrogen) atoms. The van der Waals surface area contributed by atoms with E-state index in [9.17, 15) is 14.4 Å². The van der Waals surface area contributed by atoms with Crippen molar-refractivity contribution >= 4 is 34.7 Å². The molecule has 0 atom stereocenters. The topological polar surface area (TPSA) is 78.5 Å². The molecule has 0 saturated heterocycles. The second-order valence-corrected chi connectivity index (χ2v) is 6.60. The predicted molar refractivity (Wildman–Crippen MR) is 105 cm³/mol. The first-order valence-corrected chi connectivity index (χ1v) is 8.57. The van der Waals surface area contributed by atoms with Crippen molar-refractivity contribution in [3.8, 4) is 0 Å². The molecule has 0 saturated carbocycles. The van der Waals surface area contributed by atoms with Crippen LogP contribution in [0.25, 0.3) is 5.57 Å². The van der Waals surface area contributed by atoms with Gasteiger partial charge in [-0.25, -0.2) is 0 Å². The third kappa shape index (κ3) is 3.60. The third-order valence-corrected chi connectivity index (χ3v) is 4.56. The van der Waals surface area contributed by atoms with Gasteiger partial charge in [0.25, 0.3) is 11.8 Å². The van der Waals surface area contributed by atoms with Gasteiger partial charge in [-0.2, -0.15) is 0 Å². The molecule has 0 bridgehead atoms. The van der Waals surface area contributed by atoms with E-state index in [4.69, 9.17) is 0 Å². The summed E-state index contributed by atoms with van der Waals surface area (Å²) in [5, 5.41) is 5.76. The number of hydrogen-bond acceptors (Lipinski definition) is 4. The molecule has 3 amide bonds. The van der Waals surface area contributed by atoms with Crippen LogP contribution in [0.1, 0.15) is 23.6 Å². The highest BCUT2D eigenvalue weighted by Gasteiger charge is 2.36. The largest absolute Gasteiger partial charge is 0.350 e. The van der Waals surface area contributed by atoms with Crippen molar-refractivity contribution < 1.29 is 14.4 Å². The van der Waals surface area contributed by atoms with E-state index in [2.05, 4.69) is 10.6 Å². The van der Waals surface area contributed by atoms with Gasteiger partial charge < -0.3 is 10.6 Å². The monoisotopic (exact) mass is 363 g/mol. The second-order valence-electron chi connectivity index (χ2n) is 6.60. The molecule has 1 aliphatic rings. The molecule has 6 heteroatoms. The van der Waals surface area contributed by atoms with Crippen LogP contribution in [-0.4, -0.2) is 29.7 Å². The summed E-state index contributed by atoms with van der Waals surface area (Å²) in [6, 6.07) is 12.6. The van der Waals surface area contributed by atoms with Gasteiger partial charge in [-0.15, -0.1) is 0 Å². The highest BCUT2D eigenvalue weighted by Crippen LogP contribution is 2.30. The van der Waals surface area contributed by atoms with E-state index in [0.717, 1.165) is 16.0 Å². The van der Waals surface area contributed by atoms with Crippen LogP contribution in [-0.2, 0) is 14.4 Å². The molecule has 2 aromatic carbocycles. The van der Waals surface area contributed by atoms with E-state index in [0.29, 0.717) is 22.5 Å².